The predicted octanol–water partition coefficient (Wildman–Crippen LogP) is 0.494. The number of hydrogen-bond donors (Lipinski definition) is 1. The first kappa shape index (κ1) is 8.81. The van der Waals surface area contributed by atoms with Crippen LogP contribution in [0.25, 0.3) is 0 Å². The number of hydrogen-bond acceptors (Lipinski definition) is 1. The molecule has 2 nitrogen and oxygen atoms in total. The average Bonchev–Trinajstić information content (AvgIpc) is 1.85. The number of terminal acetylenes is 1. The van der Waals surface area contributed by atoms with Crippen molar-refractivity contribution in [2.75, 3.05) is 0 Å². The molecule has 0 bridgehead atoms. The quantitative estimate of drug-likeness (QED) is 0.405. The van der Waals surface area contributed by atoms with Gasteiger partial charge in [-0.05, 0) is 13.1 Å². The molecule has 0 fully saturated rings. The van der Waals surface area contributed by atoms with Crippen molar-refractivity contribution >= 4 is 14.0 Å². The molecule has 0 heterocycles. The molecule has 10 heavy (non-hydrogen) atoms. The van der Waals surface area contributed by atoms with E-state index in [0.717, 1.165) is 0 Å². The van der Waals surface area contributed by atoms with Gasteiger partial charge in [0.2, 0.25) is 8.07 Å². The van der Waals surface area contributed by atoms with Gasteiger partial charge in [-0.25, -0.2) is 4.79 Å². The lowest BCUT2D eigenvalue weighted by Crippen LogP contribution is -2.20. The fourth-order valence-corrected chi connectivity index (χ4v) is 0.737. The molecule has 0 radical (unpaired) electrons. The Morgan fingerprint density at radius 3 is 2.40 bits per heavy atom. The highest BCUT2D eigenvalue weighted by atomic mass is 28.3. The van der Waals surface area contributed by atoms with E-state index in [2.05, 4.69) is 11.1 Å². The highest BCUT2D eigenvalue weighted by Crippen LogP contribution is 1.94. The zero-order chi connectivity index (χ0) is 8.20. The Labute approximate surface area is 61.3 Å². The molecule has 0 aromatic heterocycles. The molecule has 0 aliphatic rings. The van der Waals surface area contributed by atoms with E-state index in [0.29, 0.717) is 0 Å². The maximum absolute atomic E-state index is 9.94. The molecule has 0 amide bonds. The second kappa shape index (κ2) is 3.10. The third kappa shape index (κ3) is 3.77. The normalized spacial score (nSPS) is 8.90. The minimum atomic E-state index is -1.95. The van der Waals surface area contributed by atoms with Crippen molar-refractivity contribution in [3.8, 4) is 23.4 Å². The Kier molecular flexibility index (Phi) is 2.73. The maximum Gasteiger partial charge on any atom is 0.381 e. The van der Waals surface area contributed by atoms with Crippen molar-refractivity contribution in [3.63, 3.8) is 0 Å². The third-order valence-electron chi connectivity index (χ3n) is 0.843. The summed E-state index contributed by atoms with van der Waals surface area (Å²) in [6, 6.07) is 0. The Balaban J connectivity index is 4.34. The molecule has 0 aromatic rings. The average molecular weight is 152 g/mol. The van der Waals surface area contributed by atoms with Crippen LogP contribution in [0.3, 0.4) is 0 Å². The Hall–Kier alpha value is -1.19. The van der Waals surface area contributed by atoms with Crippen LogP contribution in [0.4, 0.5) is 0 Å². The van der Waals surface area contributed by atoms with E-state index in [4.69, 9.17) is 11.5 Å². The molecule has 0 aliphatic heterocycles. The van der Waals surface area contributed by atoms with Crippen LogP contribution in [0.5, 0.6) is 0 Å². The summed E-state index contributed by atoms with van der Waals surface area (Å²) in [5.74, 6) is 0.908. The highest BCUT2D eigenvalue weighted by molar-refractivity contribution is 6.92. The molecule has 0 aliphatic carbocycles. The topological polar surface area (TPSA) is 37.3 Å². The molecule has 0 unspecified atom stereocenters. The van der Waals surface area contributed by atoms with Crippen LogP contribution in [0.2, 0.25) is 13.1 Å². The number of carboxylic acid groups (broad SMARTS) is 1. The van der Waals surface area contributed by atoms with Crippen LogP contribution in [-0.4, -0.2) is 19.1 Å². The summed E-state index contributed by atoms with van der Waals surface area (Å²) in [5.41, 5.74) is 5.06. The smallest absolute Gasteiger partial charge is 0.381 e. The monoisotopic (exact) mass is 152 g/mol. The zero-order valence-corrected chi connectivity index (χ0v) is 6.93. The van der Waals surface area contributed by atoms with Gasteiger partial charge in [-0.15, -0.1) is 17.5 Å². The predicted molar refractivity (Wildman–Crippen MR) is 41.7 cm³/mol. The fourth-order valence-electron chi connectivity index (χ4n) is 0.246. The lowest BCUT2D eigenvalue weighted by atomic mass is 10.7. The van der Waals surface area contributed by atoms with Gasteiger partial charge in [0.05, 0.1) is 0 Å². The van der Waals surface area contributed by atoms with Gasteiger partial charge < -0.3 is 5.11 Å². The molecule has 0 rings (SSSR count). The molecule has 0 saturated carbocycles. The third-order valence-corrected chi connectivity index (χ3v) is 2.31. The summed E-state index contributed by atoms with van der Waals surface area (Å²) in [6.07, 6.45) is 5.11. The lowest BCUT2D eigenvalue weighted by Gasteiger charge is -2.00. The van der Waals surface area contributed by atoms with E-state index in [1.807, 2.05) is 19.0 Å². The summed E-state index contributed by atoms with van der Waals surface area (Å²) < 4.78 is 0. The molecule has 0 aromatic carbocycles. The Morgan fingerprint density at radius 1 is 1.60 bits per heavy atom. The van der Waals surface area contributed by atoms with Crippen LogP contribution in [0.1, 0.15) is 0 Å². The number of aliphatic carboxylic acids is 1. The largest absolute Gasteiger partial charge is 0.472 e. The summed E-state index contributed by atoms with van der Waals surface area (Å²) >= 11 is 0. The Bertz CT molecular complexity index is 237. The van der Waals surface area contributed by atoms with Crippen molar-refractivity contribution in [1.29, 1.82) is 0 Å². The Morgan fingerprint density at radius 2 is 2.10 bits per heavy atom. The van der Waals surface area contributed by atoms with Gasteiger partial charge >= 0.3 is 5.97 Å². The molecule has 0 spiro atoms. The second-order valence-corrected chi connectivity index (χ2v) is 6.11. The summed E-state index contributed by atoms with van der Waals surface area (Å²) in [4.78, 5) is 9.94. The van der Waals surface area contributed by atoms with Crippen LogP contribution in [0.15, 0.2) is 0 Å². The van der Waals surface area contributed by atoms with Gasteiger partial charge in [-0.3, -0.25) is 0 Å². The molecular formula is C7H8O2Si. The lowest BCUT2D eigenvalue weighted by molar-refractivity contribution is -0.130. The van der Waals surface area contributed by atoms with Gasteiger partial charge in [-0.2, -0.15) is 0 Å². The van der Waals surface area contributed by atoms with E-state index < -0.39 is 14.0 Å². The van der Waals surface area contributed by atoms with Crippen molar-refractivity contribution < 1.29 is 9.90 Å². The summed E-state index contributed by atoms with van der Waals surface area (Å²) in [7, 11) is -1.95. The van der Waals surface area contributed by atoms with E-state index in [1.165, 1.54) is 0 Å². The number of carboxylic acids is 1. The van der Waals surface area contributed by atoms with Crippen molar-refractivity contribution in [1.82, 2.24) is 0 Å². The second-order valence-electron chi connectivity index (χ2n) is 2.32. The minimum Gasteiger partial charge on any atom is -0.472 e. The number of carbonyl (C=O) groups is 1. The fraction of sp³-hybridized carbons (Fsp3) is 0.286. The van der Waals surface area contributed by atoms with Crippen LogP contribution in [0, 0.1) is 23.4 Å². The van der Waals surface area contributed by atoms with Crippen LogP contribution < -0.4 is 0 Å². The van der Waals surface area contributed by atoms with Crippen LogP contribution >= 0.6 is 0 Å². The SMILES string of the molecule is C#C[Si](C)(C)C#CC(=O)O. The maximum atomic E-state index is 9.94. The summed E-state index contributed by atoms with van der Waals surface area (Å²) in [6.45, 7) is 3.64. The molecule has 1 N–H and O–H groups in total. The van der Waals surface area contributed by atoms with Gasteiger partial charge in [0, 0.05) is 5.92 Å². The minimum absolute atomic E-state index is 1.11. The number of rotatable bonds is 0. The van der Waals surface area contributed by atoms with Gasteiger partial charge in [0.15, 0.2) is 0 Å². The molecule has 0 atom stereocenters. The van der Waals surface area contributed by atoms with E-state index >= 15 is 0 Å². The van der Waals surface area contributed by atoms with Crippen molar-refractivity contribution in [2.45, 2.75) is 13.1 Å². The highest BCUT2D eigenvalue weighted by Gasteiger charge is 2.13. The molecule has 0 saturated heterocycles. The first-order valence-corrected chi connectivity index (χ1v) is 5.72. The van der Waals surface area contributed by atoms with Crippen molar-refractivity contribution in [2.24, 2.45) is 0 Å². The van der Waals surface area contributed by atoms with Gasteiger partial charge in [-0.1, -0.05) is 0 Å². The van der Waals surface area contributed by atoms with E-state index in [9.17, 15) is 4.79 Å². The zero-order valence-electron chi connectivity index (χ0n) is 5.93. The molecule has 3 heteroatoms. The van der Waals surface area contributed by atoms with Crippen molar-refractivity contribution in [3.05, 3.63) is 0 Å². The van der Waals surface area contributed by atoms with E-state index in [1.54, 1.807) is 0 Å². The molecular weight excluding hydrogens is 144 g/mol. The van der Waals surface area contributed by atoms with Crippen LogP contribution in [-0.2, 0) is 4.79 Å². The summed E-state index contributed by atoms with van der Waals surface area (Å²) in [5, 5.41) is 8.15. The van der Waals surface area contributed by atoms with Gasteiger partial charge in [0.1, 0.15) is 0 Å². The molecule has 52 valence electrons. The van der Waals surface area contributed by atoms with Gasteiger partial charge in [0.25, 0.3) is 0 Å². The first-order chi connectivity index (χ1) is 4.48. The van der Waals surface area contributed by atoms with E-state index in [-0.39, 0.29) is 0 Å². The standard InChI is InChI=1S/C7H8O2Si/c1-4-10(2,3)6-5-7(8)9/h1H,2-3H3,(H,8,9). The first-order valence-electron chi connectivity index (χ1n) is 2.72.